The maximum absolute atomic E-state index is 12.5. The number of hydrogen-bond donors (Lipinski definition) is 1. The standard InChI is InChI=1S/C16H16N6OS/c23-15(12-2-7-24-11-12)21-5-6-22-14(10-21)8-13(20-22)9-19-16-17-3-1-4-18-16/h1-4,7-8,11H,5-6,9-10H2,(H,17,18,19). The highest BCUT2D eigenvalue weighted by Gasteiger charge is 2.23. The van der Waals surface area contributed by atoms with Gasteiger partial charge in [0, 0.05) is 24.3 Å². The number of nitrogens with one attached hydrogen (secondary N) is 1. The Hall–Kier alpha value is -2.74. The Morgan fingerprint density at radius 2 is 2.17 bits per heavy atom. The van der Waals surface area contributed by atoms with E-state index in [1.54, 1.807) is 29.8 Å². The van der Waals surface area contributed by atoms with Gasteiger partial charge in [-0.05, 0) is 23.6 Å². The predicted octanol–water partition coefficient (Wildman–Crippen LogP) is 2.00. The van der Waals surface area contributed by atoms with Gasteiger partial charge in [0.15, 0.2) is 0 Å². The Morgan fingerprint density at radius 1 is 1.29 bits per heavy atom. The van der Waals surface area contributed by atoms with Gasteiger partial charge >= 0.3 is 0 Å². The van der Waals surface area contributed by atoms with Crippen molar-refractivity contribution >= 4 is 23.2 Å². The molecule has 0 aliphatic carbocycles. The number of anilines is 1. The molecular formula is C16H16N6OS. The summed E-state index contributed by atoms with van der Waals surface area (Å²) in [7, 11) is 0. The lowest BCUT2D eigenvalue weighted by Crippen LogP contribution is -2.38. The van der Waals surface area contributed by atoms with E-state index in [0.717, 1.165) is 17.0 Å². The molecule has 1 aliphatic heterocycles. The summed E-state index contributed by atoms with van der Waals surface area (Å²) in [5, 5.41) is 11.6. The van der Waals surface area contributed by atoms with Gasteiger partial charge in [0.2, 0.25) is 5.95 Å². The van der Waals surface area contributed by atoms with E-state index in [1.165, 1.54) is 0 Å². The second kappa shape index (κ2) is 6.40. The molecule has 4 heterocycles. The lowest BCUT2D eigenvalue weighted by molar-refractivity contribution is 0.0706. The Morgan fingerprint density at radius 3 is 2.96 bits per heavy atom. The fourth-order valence-corrected chi connectivity index (χ4v) is 3.34. The number of carbonyl (C=O) groups is 1. The molecule has 4 rings (SSSR count). The first kappa shape index (κ1) is 14.8. The topological polar surface area (TPSA) is 75.9 Å². The predicted molar refractivity (Wildman–Crippen MR) is 90.6 cm³/mol. The van der Waals surface area contributed by atoms with Crippen molar-refractivity contribution in [3.05, 3.63) is 58.3 Å². The average Bonchev–Trinajstić information content (AvgIpc) is 3.29. The van der Waals surface area contributed by atoms with E-state index in [2.05, 4.69) is 20.4 Å². The van der Waals surface area contributed by atoms with Crippen molar-refractivity contribution in [3.63, 3.8) is 0 Å². The van der Waals surface area contributed by atoms with Crippen LogP contribution in [-0.4, -0.2) is 37.1 Å². The number of hydrogen-bond acceptors (Lipinski definition) is 6. The van der Waals surface area contributed by atoms with Gasteiger partial charge < -0.3 is 10.2 Å². The van der Waals surface area contributed by atoms with Crippen molar-refractivity contribution in [2.75, 3.05) is 11.9 Å². The van der Waals surface area contributed by atoms with Crippen LogP contribution in [0, 0.1) is 0 Å². The summed E-state index contributed by atoms with van der Waals surface area (Å²) < 4.78 is 1.97. The third kappa shape index (κ3) is 3.00. The molecule has 1 aliphatic rings. The van der Waals surface area contributed by atoms with Crippen molar-refractivity contribution in [1.82, 2.24) is 24.6 Å². The van der Waals surface area contributed by atoms with Crippen LogP contribution in [0.15, 0.2) is 41.4 Å². The summed E-state index contributed by atoms with van der Waals surface area (Å²) in [6, 6.07) is 5.68. The number of carbonyl (C=O) groups excluding carboxylic acids is 1. The summed E-state index contributed by atoms with van der Waals surface area (Å²) in [4.78, 5) is 22.6. The number of nitrogens with zero attached hydrogens (tertiary/aromatic N) is 5. The van der Waals surface area contributed by atoms with E-state index < -0.39 is 0 Å². The molecule has 0 radical (unpaired) electrons. The van der Waals surface area contributed by atoms with Crippen LogP contribution in [0.2, 0.25) is 0 Å². The summed E-state index contributed by atoms with van der Waals surface area (Å²) in [5.74, 6) is 0.666. The largest absolute Gasteiger partial charge is 0.348 e. The molecule has 0 spiro atoms. The minimum Gasteiger partial charge on any atom is -0.348 e. The van der Waals surface area contributed by atoms with Crippen molar-refractivity contribution in [1.29, 1.82) is 0 Å². The zero-order chi connectivity index (χ0) is 16.4. The quantitative estimate of drug-likeness (QED) is 0.786. The number of fused-ring (bicyclic) bond motifs is 1. The van der Waals surface area contributed by atoms with E-state index in [-0.39, 0.29) is 5.91 Å². The molecule has 0 saturated carbocycles. The van der Waals surface area contributed by atoms with Gasteiger partial charge in [0.1, 0.15) is 0 Å². The molecule has 0 unspecified atom stereocenters. The molecule has 3 aromatic rings. The van der Waals surface area contributed by atoms with Crippen LogP contribution in [0.4, 0.5) is 5.95 Å². The van der Waals surface area contributed by atoms with Gasteiger partial charge in [0.25, 0.3) is 5.91 Å². The molecule has 1 amide bonds. The highest BCUT2D eigenvalue weighted by Crippen LogP contribution is 2.18. The first-order valence-electron chi connectivity index (χ1n) is 7.67. The first-order valence-corrected chi connectivity index (χ1v) is 8.62. The monoisotopic (exact) mass is 340 g/mol. The van der Waals surface area contributed by atoms with E-state index in [0.29, 0.717) is 32.1 Å². The summed E-state index contributed by atoms with van der Waals surface area (Å²) in [5.41, 5.74) is 2.73. The third-order valence-corrected chi connectivity index (χ3v) is 4.58. The number of thiophene rings is 1. The number of amides is 1. The van der Waals surface area contributed by atoms with Crippen LogP contribution >= 0.6 is 11.3 Å². The smallest absolute Gasteiger partial charge is 0.255 e. The highest BCUT2D eigenvalue weighted by atomic mass is 32.1. The molecule has 7 nitrogen and oxygen atoms in total. The Balaban J connectivity index is 1.43. The minimum atomic E-state index is 0.0843. The molecule has 1 N–H and O–H groups in total. The van der Waals surface area contributed by atoms with Crippen LogP contribution in [0.3, 0.4) is 0 Å². The zero-order valence-electron chi connectivity index (χ0n) is 12.9. The van der Waals surface area contributed by atoms with Crippen LogP contribution in [0.25, 0.3) is 0 Å². The summed E-state index contributed by atoms with van der Waals surface area (Å²) in [6.45, 7) is 2.54. The van der Waals surface area contributed by atoms with Gasteiger partial charge in [-0.15, -0.1) is 0 Å². The maximum Gasteiger partial charge on any atom is 0.255 e. The average molecular weight is 340 g/mol. The minimum absolute atomic E-state index is 0.0843. The fourth-order valence-electron chi connectivity index (χ4n) is 2.71. The molecule has 122 valence electrons. The van der Waals surface area contributed by atoms with Crippen molar-refractivity contribution in [2.24, 2.45) is 0 Å². The van der Waals surface area contributed by atoms with Gasteiger partial charge in [0.05, 0.1) is 36.6 Å². The molecule has 0 aromatic carbocycles. The van der Waals surface area contributed by atoms with Crippen molar-refractivity contribution in [3.8, 4) is 0 Å². The second-order valence-corrected chi connectivity index (χ2v) is 6.29. The fraction of sp³-hybridized carbons (Fsp3) is 0.250. The molecule has 24 heavy (non-hydrogen) atoms. The Kier molecular flexibility index (Phi) is 3.96. The molecule has 3 aromatic heterocycles. The zero-order valence-corrected chi connectivity index (χ0v) is 13.7. The first-order chi connectivity index (χ1) is 11.8. The second-order valence-electron chi connectivity index (χ2n) is 5.51. The molecule has 0 atom stereocenters. The van der Waals surface area contributed by atoms with Crippen molar-refractivity contribution in [2.45, 2.75) is 19.6 Å². The van der Waals surface area contributed by atoms with E-state index in [9.17, 15) is 4.79 Å². The SMILES string of the molecule is O=C(c1ccsc1)N1CCn2nc(CNc3ncccn3)cc2C1. The third-order valence-electron chi connectivity index (χ3n) is 3.90. The van der Waals surface area contributed by atoms with E-state index in [1.807, 2.05) is 32.5 Å². The molecule has 0 bridgehead atoms. The van der Waals surface area contributed by atoms with Gasteiger partial charge in [-0.2, -0.15) is 16.4 Å². The van der Waals surface area contributed by atoms with Crippen LogP contribution in [0.1, 0.15) is 21.7 Å². The molecular weight excluding hydrogens is 324 g/mol. The number of rotatable bonds is 4. The molecule has 0 saturated heterocycles. The van der Waals surface area contributed by atoms with E-state index >= 15 is 0 Å². The van der Waals surface area contributed by atoms with Crippen LogP contribution in [0.5, 0.6) is 0 Å². The highest BCUT2D eigenvalue weighted by molar-refractivity contribution is 7.08. The summed E-state index contributed by atoms with van der Waals surface area (Å²) >= 11 is 1.54. The van der Waals surface area contributed by atoms with Crippen LogP contribution < -0.4 is 5.32 Å². The lowest BCUT2D eigenvalue weighted by atomic mass is 10.2. The maximum atomic E-state index is 12.5. The van der Waals surface area contributed by atoms with E-state index in [4.69, 9.17) is 0 Å². The number of aromatic nitrogens is 4. The molecule has 0 fully saturated rings. The van der Waals surface area contributed by atoms with Gasteiger partial charge in [-0.25, -0.2) is 9.97 Å². The van der Waals surface area contributed by atoms with Crippen LogP contribution in [-0.2, 0) is 19.6 Å². The normalized spacial score (nSPS) is 13.6. The van der Waals surface area contributed by atoms with Gasteiger partial charge in [-0.3, -0.25) is 9.48 Å². The lowest BCUT2D eigenvalue weighted by Gasteiger charge is -2.27. The summed E-state index contributed by atoms with van der Waals surface area (Å²) in [6.07, 6.45) is 3.39. The van der Waals surface area contributed by atoms with Gasteiger partial charge in [-0.1, -0.05) is 0 Å². The Labute approximate surface area is 143 Å². The van der Waals surface area contributed by atoms with Crippen molar-refractivity contribution < 1.29 is 4.79 Å². The Bertz CT molecular complexity index is 830. The molecule has 8 heteroatoms.